The van der Waals surface area contributed by atoms with Crippen LogP contribution in [0.25, 0.3) is 0 Å². The van der Waals surface area contributed by atoms with Gasteiger partial charge in [0.1, 0.15) is 23.7 Å². The number of hydrogen-bond acceptors (Lipinski definition) is 5. The number of nitrogens with zero attached hydrogens (tertiary/aromatic N) is 2. The smallest absolute Gasteiger partial charge is 0.253 e. The molecular weight excluding hydrogens is 440 g/mol. The molecule has 3 heterocycles. The molecule has 0 aromatic heterocycles. The molecule has 0 radical (unpaired) electrons. The predicted octanol–water partition coefficient (Wildman–Crippen LogP) is 4.80. The van der Waals surface area contributed by atoms with Gasteiger partial charge in [-0.15, -0.1) is 0 Å². The minimum atomic E-state index is -0.285. The zero-order chi connectivity index (χ0) is 24.6. The molecule has 6 heteroatoms. The van der Waals surface area contributed by atoms with Gasteiger partial charge in [0, 0.05) is 36.7 Å². The van der Waals surface area contributed by atoms with Crippen molar-refractivity contribution in [1.29, 1.82) is 0 Å². The molecule has 2 aromatic carbocycles. The molecule has 6 nitrogen and oxygen atoms in total. The second-order valence-corrected chi connectivity index (χ2v) is 11.3. The molecule has 0 bridgehead atoms. The quantitative estimate of drug-likeness (QED) is 0.618. The number of para-hydroxylation sites is 1. The summed E-state index contributed by atoms with van der Waals surface area (Å²) in [6, 6.07) is 15.9. The average Bonchev–Trinajstić information content (AvgIpc) is 2.84. The molecule has 2 atom stereocenters. The predicted molar refractivity (Wildman–Crippen MR) is 136 cm³/mol. The van der Waals surface area contributed by atoms with Crippen LogP contribution in [-0.4, -0.2) is 68.3 Å². The summed E-state index contributed by atoms with van der Waals surface area (Å²) in [5.41, 5.74) is 1.68. The SMILES string of the molecule is CN(C)CCOc1cccc(C(=O)N2CCC3(CC2)CO[C@@H]2c4ccccc4OC(C)(C)[C@H]2C3)c1. The third kappa shape index (κ3) is 4.91. The number of carbonyl (C=O) groups is 1. The number of ether oxygens (including phenoxy) is 3. The van der Waals surface area contributed by atoms with E-state index in [-0.39, 0.29) is 23.0 Å². The Balaban J connectivity index is 1.23. The van der Waals surface area contributed by atoms with Crippen LogP contribution in [0.4, 0.5) is 0 Å². The lowest BCUT2D eigenvalue weighted by Gasteiger charge is -2.54. The lowest BCUT2D eigenvalue weighted by Crippen LogP contribution is -2.54. The van der Waals surface area contributed by atoms with Crippen LogP contribution in [0.1, 0.15) is 55.1 Å². The van der Waals surface area contributed by atoms with Gasteiger partial charge in [0.05, 0.1) is 12.7 Å². The van der Waals surface area contributed by atoms with Gasteiger partial charge in [-0.1, -0.05) is 24.3 Å². The zero-order valence-electron chi connectivity index (χ0n) is 21.5. The fraction of sp³-hybridized carbons (Fsp3) is 0.552. The second-order valence-electron chi connectivity index (χ2n) is 11.3. The number of rotatable bonds is 5. The number of fused-ring (bicyclic) bond motifs is 3. The highest BCUT2D eigenvalue weighted by Crippen LogP contribution is 2.55. The fourth-order valence-electron chi connectivity index (χ4n) is 5.88. The minimum Gasteiger partial charge on any atom is -0.492 e. The number of amides is 1. The van der Waals surface area contributed by atoms with E-state index in [0.29, 0.717) is 18.1 Å². The maximum atomic E-state index is 13.3. The van der Waals surface area contributed by atoms with E-state index in [0.717, 1.165) is 57.0 Å². The van der Waals surface area contributed by atoms with Gasteiger partial charge in [0.15, 0.2) is 0 Å². The Bertz CT molecular complexity index is 1060. The largest absolute Gasteiger partial charge is 0.492 e. The van der Waals surface area contributed by atoms with Gasteiger partial charge in [-0.25, -0.2) is 0 Å². The number of likely N-dealkylation sites (N-methyl/N-ethyl adjacent to an activating group) is 1. The summed E-state index contributed by atoms with van der Waals surface area (Å²) in [4.78, 5) is 17.4. The van der Waals surface area contributed by atoms with Crippen LogP contribution in [0.15, 0.2) is 48.5 Å². The number of carbonyl (C=O) groups excluding carboxylic acids is 1. The molecule has 0 unspecified atom stereocenters. The van der Waals surface area contributed by atoms with Crippen molar-refractivity contribution >= 4 is 5.91 Å². The molecule has 0 saturated carbocycles. The summed E-state index contributed by atoms with van der Waals surface area (Å²) < 4.78 is 18.9. The molecule has 0 aliphatic carbocycles. The Morgan fingerprint density at radius 3 is 2.66 bits per heavy atom. The van der Waals surface area contributed by atoms with Gasteiger partial charge in [0.25, 0.3) is 5.91 Å². The van der Waals surface area contributed by atoms with Crippen molar-refractivity contribution < 1.29 is 19.0 Å². The van der Waals surface area contributed by atoms with Crippen molar-refractivity contribution in [2.24, 2.45) is 11.3 Å². The van der Waals surface area contributed by atoms with Crippen LogP contribution in [0.3, 0.4) is 0 Å². The lowest BCUT2D eigenvalue weighted by molar-refractivity contribution is -0.173. The third-order valence-electron chi connectivity index (χ3n) is 8.08. The minimum absolute atomic E-state index is 0.0791. The Hall–Kier alpha value is -2.57. The summed E-state index contributed by atoms with van der Waals surface area (Å²) >= 11 is 0. The van der Waals surface area contributed by atoms with E-state index < -0.39 is 0 Å². The number of piperidine rings is 1. The molecule has 2 aromatic rings. The molecule has 0 N–H and O–H groups in total. The summed E-state index contributed by atoms with van der Waals surface area (Å²) in [6.07, 6.45) is 3.06. The highest BCUT2D eigenvalue weighted by Gasteiger charge is 2.52. The molecule has 2 fully saturated rings. The number of benzene rings is 2. The highest BCUT2D eigenvalue weighted by molar-refractivity contribution is 5.94. The van der Waals surface area contributed by atoms with Gasteiger partial charge in [-0.3, -0.25) is 4.79 Å². The maximum Gasteiger partial charge on any atom is 0.253 e. The molecule has 35 heavy (non-hydrogen) atoms. The van der Waals surface area contributed by atoms with Crippen molar-refractivity contribution in [3.05, 3.63) is 59.7 Å². The molecule has 3 aliphatic rings. The average molecular weight is 479 g/mol. The van der Waals surface area contributed by atoms with E-state index in [9.17, 15) is 4.79 Å². The Labute approximate surface area is 209 Å². The monoisotopic (exact) mass is 478 g/mol. The summed E-state index contributed by atoms with van der Waals surface area (Å²) in [7, 11) is 4.04. The molecule has 1 amide bonds. The van der Waals surface area contributed by atoms with Crippen molar-refractivity contribution in [2.45, 2.75) is 44.8 Å². The first kappa shape index (κ1) is 24.1. The molecular formula is C29H38N2O4. The first-order valence-electron chi connectivity index (χ1n) is 12.8. The Morgan fingerprint density at radius 2 is 1.89 bits per heavy atom. The molecule has 1 spiro atoms. The van der Waals surface area contributed by atoms with Crippen molar-refractivity contribution in [2.75, 3.05) is 46.9 Å². The summed E-state index contributed by atoms with van der Waals surface area (Å²) in [5.74, 6) is 2.08. The van der Waals surface area contributed by atoms with Crippen LogP contribution in [0, 0.1) is 11.3 Å². The molecule has 3 aliphatic heterocycles. The van der Waals surface area contributed by atoms with Gasteiger partial charge in [-0.05, 0) is 76.9 Å². The normalized spacial score (nSPS) is 24.4. The first-order chi connectivity index (χ1) is 16.8. The van der Waals surface area contributed by atoms with E-state index >= 15 is 0 Å². The number of likely N-dealkylation sites (tertiary alicyclic amines) is 1. The summed E-state index contributed by atoms with van der Waals surface area (Å²) in [5, 5.41) is 0. The van der Waals surface area contributed by atoms with Crippen LogP contribution in [0.5, 0.6) is 11.5 Å². The van der Waals surface area contributed by atoms with E-state index in [1.54, 1.807) is 0 Å². The van der Waals surface area contributed by atoms with Crippen molar-refractivity contribution in [3.63, 3.8) is 0 Å². The van der Waals surface area contributed by atoms with Gasteiger partial charge >= 0.3 is 0 Å². The number of hydrogen-bond donors (Lipinski definition) is 0. The third-order valence-corrected chi connectivity index (χ3v) is 8.08. The van der Waals surface area contributed by atoms with Crippen LogP contribution < -0.4 is 9.47 Å². The second kappa shape index (κ2) is 9.47. The van der Waals surface area contributed by atoms with Gasteiger partial charge in [-0.2, -0.15) is 0 Å². The Morgan fingerprint density at radius 1 is 1.11 bits per heavy atom. The first-order valence-corrected chi connectivity index (χ1v) is 12.8. The van der Waals surface area contributed by atoms with E-state index in [4.69, 9.17) is 14.2 Å². The highest BCUT2D eigenvalue weighted by atomic mass is 16.5. The molecule has 5 rings (SSSR count). The zero-order valence-corrected chi connectivity index (χ0v) is 21.5. The standard InChI is InChI=1S/C29H38N2O4/c1-28(2)24-19-29(20-34-26(24)23-10-5-6-11-25(23)35-28)12-14-31(15-13-29)27(32)21-8-7-9-22(18-21)33-17-16-30(3)4/h5-11,18,24,26H,12-17,19-20H2,1-4H3/t24-,26+/m0/s1. The van der Waals surface area contributed by atoms with Crippen LogP contribution in [0.2, 0.25) is 0 Å². The van der Waals surface area contributed by atoms with Crippen LogP contribution >= 0.6 is 0 Å². The van der Waals surface area contributed by atoms with Crippen molar-refractivity contribution in [1.82, 2.24) is 9.80 Å². The molecule has 2 saturated heterocycles. The van der Waals surface area contributed by atoms with Crippen LogP contribution in [-0.2, 0) is 4.74 Å². The lowest BCUT2D eigenvalue weighted by atomic mass is 9.64. The Kier molecular flexibility index (Phi) is 6.53. The van der Waals surface area contributed by atoms with E-state index in [1.165, 1.54) is 5.56 Å². The maximum absolute atomic E-state index is 13.3. The topological polar surface area (TPSA) is 51.2 Å². The summed E-state index contributed by atoms with van der Waals surface area (Å²) in [6.45, 7) is 8.07. The van der Waals surface area contributed by atoms with Gasteiger partial charge in [0.2, 0.25) is 0 Å². The molecule has 188 valence electrons. The van der Waals surface area contributed by atoms with Crippen molar-refractivity contribution in [3.8, 4) is 11.5 Å². The fourth-order valence-corrected chi connectivity index (χ4v) is 5.88. The van der Waals surface area contributed by atoms with E-state index in [1.807, 2.05) is 55.4 Å². The van der Waals surface area contributed by atoms with E-state index in [2.05, 4.69) is 30.9 Å². The van der Waals surface area contributed by atoms with Gasteiger partial charge < -0.3 is 24.0 Å².